The van der Waals surface area contributed by atoms with Crippen LogP contribution in [0.1, 0.15) is 0 Å². The Balaban J connectivity index is 4.07. The van der Waals surface area contributed by atoms with Crippen molar-refractivity contribution in [1.82, 2.24) is 0 Å². The van der Waals surface area contributed by atoms with Gasteiger partial charge in [-0.05, 0) is 0 Å². The molecule has 0 unspecified atom stereocenters. The van der Waals surface area contributed by atoms with Crippen molar-refractivity contribution < 1.29 is 25.2 Å². The number of rotatable bonds is 5. The highest BCUT2D eigenvalue weighted by Gasteiger charge is 2.29. The van der Waals surface area contributed by atoms with Crippen LogP contribution >= 0.6 is 15.9 Å². The highest BCUT2D eigenvalue weighted by Crippen LogP contribution is 2.12. The van der Waals surface area contributed by atoms with Gasteiger partial charge in [0, 0.05) is 0 Å². The maximum atomic E-state index is 10.0. The standard InChI is InChI=1S/C6H11BrO5/c7-5(3(10)1-8)6(12)4(11)2-9/h1,3-6,9-12H,2H2/t3-,4+,5+,6+/m0/s1. The van der Waals surface area contributed by atoms with Gasteiger partial charge >= 0.3 is 0 Å². The van der Waals surface area contributed by atoms with Crippen LogP contribution in [0.25, 0.3) is 0 Å². The number of aldehydes is 1. The van der Waals surface area contributed by atoms with Crippen molar-refractivity contribution in [1.29, 1.82) is 0 Å². The number of hydrogen-bond acceptors (Lipinski definition) is 5. The van der Waals surface area contributed by atoms with E-state index in [1.165, 1.54) is 0 Å². The Morgan fingerprint density at radius 2 is 1.83 bits per heavy atom. The van der Waals surface area contributed by atoms with Gasteiger partial charge in [-0.15, -0.1) is 0 Å². The molecule has 72 valence electrons. The lowest BCUT2D eigenvalue weighted by atomic mass is 10.1. The van der Waals surface area contributed by atoms with Crippen molar-refractivity contribution in [3.05, 3.63) is 0 Å². The normalized spacial score (nSPS) is 21.1. The van der Waals surface area contributed by atoms with Crippen molar-refractivity contribution in [2.45, 2.75) is 23.1 Å². The number of carbonyl (C=O) groups excluding carboxylic acids is 1. The fourth-order valence-electron chi connectivity index (χ4n) is 0.597. The predicted octanol–water partition coefficient (Wildman–Crippen LogP) is -1.98. The van der Waals surface area contributed by atoms with Crippen molar-refractivity contribution in [3.8, 4) is 0 Å². The number of carbonyl (C=O) groups is 1. The smallest absolute Gasteiger partial charge is 0.149 e. The first kappa shape index (κ1) is 12.0. The SMILES string of the molecule is O=C[C@H](O)[C@@H](Br)[C@H](O)[C@H](O)CO. The van der Waals surface area contributed by atoms with Gasteiger partial charge in [-0.2, -0.15) is 0 Å². The van der Waals surface area contributed by atoms with Crippen molar-refractivity contribution >= 4 is 22.2 Å². The van der Waals surface area contributed by atoms with E-state index in [0.717, 1.165) is 0 Å². The Hall–Kier alpha value is -0.0100. The zero-order chi connectivity index (χ0) is 9.72. The average molecular weight is 243 g/mol. The molecule has 0 amide bonds. The summed E-state index contributed by atoms with van der Waals surface area (Å²) in [5.41, 5.74) is 0. The van der Waals surface area contributed by atoms with Gasteiger partial charge in [-0.1, -0.05) is 15.9 Å². The Labute approximate surface area is 77.8 Å². The minimum atomic E-state index is -1.40. The second kappa shape index (κ2) is 5.60. The van der Waals surface area contributed by atoms with Crippen LogP contribution < -0.4 is 0 Å². The van der Waals surface area contributed by atoms with E-state index >= 15 is 0 Å². The third kappa shape index (κ3) is 3.16. The third-order valence-corrected chi connectivity index (χ3v) is 2.46. The molecule has 0 fully saturated rings. The Morgan fingerprint density at radius 3 is 2.17 bits per heavy atom. The van der Waals surface area contributed by atoms with Crippen LogP contribution in [0.3, 0.4) is 0 Å². The topological polar surface area (TPSA) is 98.0 Å². The van der Waals surface area contributed by atoms with E-state index in [4.69, 9.17) is 20.4 Å². The van der Waals surface area contributed by atoms with Crippen LogP contribution in [-0.4, -0.2) is 56.5 Å². The molecule has 4 atom stereocenters. The van der Waals surface area contributed by atoms with Crippen LogP contribution in [0.5, 0.6) is 0 Å². The van der Waals surface area contributed by atoms with E-state index in [-0.39, 0.29) is 6.29 Å². The summed E-state index contributed by atoms with van der Waals surface area (Å²) in [6.45, 7) is -0.630. The molecule has 0 radical (unpaired) electrons. The minimum absolute atomic E-state index is 0.229. The first-order valence-electron chi connectivity index (χ1n) is 3.29. The molecule has 0 spiro atoms. The van der Waals surface area contributed by atoms with E-state index in [1.54, 1.807) is 0 Å². The summed E-state index contributed by atoms with van der Waals surface area (Å²) in [4.78, 5) is 9.05. The Kier molecular flexibility index (Phi) is 5.60. The average Bonchev–Trinajstić information content (AvgIpc) is 2.12. The molecule has 0 aromatic heterocycles. The molecule has 0 saturated carbocycles. The lowest BCUT2D eigenvalue weighted by Crippen LogP contribution is -2.42. The van der Waals surface area contributed by atoms with Crippen LogP contribution in [0.4, 0.5) is 0 Å². The minimum Gasteiger partial charge on any atom is -0.394 e. The second-order valence-corrected chi connectivity index (χ2v) is 3.37. The molecule has 12 heavy (non-hydrogen) atoms. The van der Waals surface area contributed by atoms with E-state index in [9.17, 15) is 4.79 Å². The van der Waals surface area contributed by atoms with Crippen LogP contribution in [-0.2, 0) is 4.79 Å². The molecule has 0 aliphatic heterocycles. The van der Waals surface area contributed by atoms with Gasteiger partial charge in [0.05, 0.1) is 17.5 Å². The summed E-state index contributed by atoms with van der Waals surface area (Å²) in [6, 6.07) is 0. The summed E-state index contributed by atoms with van der Waals surface area (Å²) < 4.78 is 0. The van der Waals surface area contributed by atoms with Gasteiger partial charge in [0.25, 0.3) is 0 Å². The Bertz CT molecular complexity index is 142. The lowest BCUT2D eigenvalue weighted by molar-refractivity contribution is -0.117. The molecule has 0 heterocycles. The summed E-state index contributed by atoms with van der Waals surface area (Å²) in [5.74, 6) is 0. The first-order chi connectivity index (χ1) is 5.54. The molecule has 6 heteroatoms. The zero-order valence-corrected chi connectivity index (χ0v) is 7.75. The first-order valence-corrected chi connectivity index (χ1v) is 4.20. The van der Waals surface area contributed by atoms with Crippen molar-refractivity contribution in [3.63, 3.8) is 0 Å². The van der Waals surface area contributed by atoms with Gasteiger partial charge < -0.3 is 25.2 Å². The summed E-state index contributed by atoms with van der Waals surface area (Å²) in [5, 5.41) is 35.3. The molecular weight excluding hydrogens is 232 g/mol. The van der Waals surface area contributed by atoms with Crippen LogP contribution in [0.15, 0.2) is 0 Å². The monoisotopic (exact) mass is 242 g/mol. The van der Waals surface area contributed by atoms with Gasteiger partial charge in [0.15, 0.2) is 0 Å². The van der Waals surface area contributed by atoms with E-state index in [2.05, 4.69) is 15.9 Å². The number of hydrogen-bond donors (Lipinski definition) is 4. The van der Waals surface area contributed by atoms with Crippen molar-refractivity contribution in [2.75, 3.05) is 6.61 Å². The molecule has 0 bridgehead atoms. The molecule has 0 aliphatic carbocycles. The molecule has 0 aromatic rings. The summed E-state index contributed by atoms with van der Waals surface area (Å²) >= 11 is 2.81. The summed E-state index contributed by atoms with van der Waals surface area (Å²) in [7, 11) is 0. The third-order valence-electron chi connectivity index (χ3n) is 1.37. The molecule has 0 aliphatic rings. The maximum absolute atomic E-state index is 10.0. The van der Waals surface area contributed by atoms with Crippen molar-refractivity contribution in [2.24, 2.45) is 0 Å². The maximum Gasteiger partial charge on any atom is 0.149 e. The highest BCUT2D eigenvalue weighted by molar-refractivity contribution is 9.09. The van der Waals surface area contributed by atoms with Gasteiger partial charge in [0.2, 0.25) is 0 Å². The zero-order valence-electron chi connectivity index (χ0n) is 6.17. The second-order valence-electron chi connectivity index (χ2n) is 2.31. The fourth-order valence-corrected chi connectivity index (χ4v) is 1.07. The van der Waals surface area contributed by atoms with E-state index < -0.39 is 29.7 Å². The molecule has 0 saturated heterocycles. The molecule has 5 nitrogen and oxygen atoms in total. The van der Waals surface area contributed by atoms with Crippen LogP contribution in [0, 0.1) is 0 Å². The van der Waals surface area contributed by atoms with E-state index in [0.29, 0.717) is 0 Å². The molecule has 0 rings (SSSR count). The molecule has 0 aromatic carbocycles. The number of alkyl halides is 1. The molecular formula is C6H11BrO5. The largest absolute Gasteiger partial charge is 0.394 e. The summed E-state index contributed by atoms with van der Waals surface area (Å²) in [6.07, 6.45) is -3.92. The van der Waals surface area contributed by atoms with Crippen LogP contribution in [0.2, 0.25) is 0 Å². The fraction of sp³-hybridized carbons (Fsp3) is 0.833. The van der Waals surface area contributed by atoms with E-state index in [1.807, 2.05) is 0 Å². The van der Waals surface area contributed by atoms with Gasteiger partial charge in [-0.25, -0.2) is 0 Å². The highest BCUT2D eigenvalue weighted by atomic mass is 79.9. The Morgan fingerprint density at radius 1 is 1.33 bits per heavy atom. The molecule has 4 N–H and O–H groups in total. The number of aliphatic hydroxyl groups excluding tert-OH is 4. The predicted molar refractivity (Wildman–Crippen MR) is 43.9 cm³/mol. The van der Waals surface area contributed by atoms with Gasteiger partial charge in [-0.3, -0.25) is 0 Å². The number of halogens is 1. The van der Waals surface area contributed by atoms with Gasteiger partial charge in [0.1, 0.15) is 18.5 Å². The quantitative estimate of drug-likeness (QED) is 0.331. The lowest BCUT2D eigenvalue weighted by Gasteiger charge is -2.22. The number of aliphatic hydroxyl groups is 4.